The van der Waals surface area contributed by atoms with Gasteiger partial charge in [-0.1, -0.05) is 114 Å². The molecule has 0 heterocycles. The van der Waals surface area contributed by atoms with Crippen LogP contribution in [-0.2, 0) is 4.57 Å². The molecule has 2 heteroatoms. The van der Waals surface area contributed by atoms with Gasteiger partial charge in [-0.2, -0.15) is 0 Å². The molecule has 0 spiro atoms. The summed E-state index contributed by atoms with van der Waals surface area (Å²) in [5.74, 6) is 2.01. The third kappa shape index (κ3) is 5.32. The first-order valence-corrected chi connectivity index (χ1v) is 10.9. The minimum Gasteiger partial charge on any atom is -0.309 e. The van der Waals surface area contributed by atoms with Crippen molar-refractivity contribution in [1.82, 2.24) is 0 Å². The largest absolute Gasteiger partial charge is 0.309 e. The van der Waals surface area contributed by atoms with Crippen molar-refractivity contribution < 1.29 is 4.57 Å². The maximum absolute atomic E-state index is 14.3. The van der Waals surface area contributed by atoms with Gasteiger partial charge < -0.3 is 4.57 Å². The average molecular weight is 366 g/mol. The molecule has 2 aromatic rings. The zero-order valence-corrected chi connectivity index (χ0v) is 17.8. The monoisotopic (exact) mass is 366 g/mol. The molecule has 0 bridgehead atoms. The van der Waals surface area contributed by atoms with Crippen LogP contribution in [-0.4, -0.2) is 0 Å². The SMILES string of the molecule is CC(C)(C)/C=C/C(=C\P(=O)(c1ccccc1)c1ccccc1)C(C)(C)C. The van der Waals surface area contributed by atoms with Crippen LogP contribution in [0.1, 0.15) is 41.5 Å². The molecule has 0 atom stereocenters. The predicted molar refractivity (Wildman–Crippen MR) is 116 cm³/mol. The standard InChI is InChI=1S/C24H31OP/c1-23(2,3)18-17-20(24(4,5)6)19-26(25,21-13-9-7-10-14-21)22-15-11-8-12-16-22/h7-19H,1-6H3/b18-17+,20-19+. The van der Waals surface area contributed by atoms with E-state index in [1.807, 2.05) is 66.5 Å². The molecule has 0 unspecified atom stereocenters. The zero-order chi connectivity index (χ0) is 19.4. The van der Waals surface area contributed by atoms with Crippen molar-refractivity contribution >= 4 is 17.8 Å². The van der Waals surface area contributed by atoms with Gasteiger partial charge in [0.05, 0.1) is 0 Å². The van der Waals surface area contributed by atoms with Crippen LogP contribution >= 0.6 is 7.14 Å². The molecule has 0 aliphatic carbocycles. The first-order chi connectivity index (χ1) is 12.0. The van der Waals surface area contributed by atoms with Crippen molar-refractivity contribution in [2.24, 2.45) is 10.8 Å². The maximum Gasteiger partial charge on any atom is 0.164 e. The molecule has 0 fully saturated rings. The highest BCUT2D eigenvalue weighted by Crippen LogP contribution is 2.48. The first-order valence-electron chi connectivity index (χ1n) is 9.16. The summed E-state index contributed by atoms with van der Waals surface area (Å²) in [6, 6.07) is 19.6. The molecule has 0 saturated carbocycles. The van der Waals surface area contributed by atoms with Crippen LogP contribution in [0, 0.1) is 10.8 Å². The zero-order valence-electron chi connectivity index (χ0n) is 16.9. The second-order valence-electron chi connectivity index (χ2n) is 8.86. The molecule has 0 aliphatic heterocycles. The minimum atomic E-state index is -2.87. The Labute approximate surface area is 159 Å². The Balaban J connectivity index is 2.70. The van der Waals surface area contributed by atoms with Gasteiger partial charge in [0.15, 0.2) is 7.14 Å². The molecule has 0 saturated heterocycles. The molecule has 2 aromatic carbocycles. The highest BCUT2D eigenvalue weighted by atomic mass is 31.2. The topological polar surface area (TPSA) is 17.1 Å². The van der Waals surface area contributed by atoms with Crippen molar-refractivity contribution in [2.45, 2.75) is 41.5 Å². The van der Waals surface area contributed by atoms with Crippen LogP contribution in [0.4, 0.5) is 0 Å². The van der Waals surface area contributed by atoms with Crippen molar-refractivity contribution in [3.05, 3.63) is 84.2 Å². The molecule has 0 amide bonds. The molecule has 26 heavy (non-hydrogen) atoms. The van der Waals surface area contributed by atoms with Gasteiger partial charge in [0, 0.05) is 10.6 Å². The Morgan fingerprint density at radius 3 is 1.54 bits per heavy atom. The fraction of sp³-hybridized carbons (Fsp3) is 0.333. The van der Waals surface area contributed by atoms with Gasteiger partial charge in [-0.05, 0) is 22.2 Å². The lowest BCUT2D eigenvalue weighted by atomic mass is 9.85. The van der Waals surface area contributed by atoms with Crippen LogP contribution in [0.2, 0.25) is 0 Å². The summed E-state index contributed by atoms with van der Waals surface area (Å²) in [4.78, 5) is 0. The van der Waals surface area contributed by atoms with Crippen molar-refractivity contribution in [2.75, 3.05) is 0 Å². The van der Waals surface area contributed by atoms with Gasteiger partial charge in [0.25, 0.3) is 0 Å². The number of hydrogen-bond acceptors (Lipinski definition) is 1. The molecule has 0 radical (unpaired) electrons. The third-order valence-corrected chi connectivity index (χ3v) is 7.00. The minimum absolute atomic E-state index is 0.0772. The van der Waals surface area contributed by atoms with E-state index >= 15 is 0 Å². The predicted octanol–water partition coefficient (Wildman–Crippen LogP) is 6.53. The Kier molecular flexibility index (Phi) is 6.14. The second-order valence-corrected chi connectivity index (χ2v) is 11.5. The molecule has 0 aromatic heterocycles. The van der Waals surface area contributed by atoms with Crippen molar-refractivity contribution in [3.8, 4) is 0 Å². The van der Waals surface area contributed by atoms with E-state index in [0.29, 0.717) is 0 Å². The van der Waals surface area contributed by atoms with E-state index in [4.69, 9.17) is 0 Å². The summed E-state index contributed by atoms with van der Waals surface area (Å²) in [5, 5.41) is 1.74. The van der Waals surface area contributed by atoms with E-state index in [2.05, 4.69) is 53.7 Å². The first kappa shape index (κ1) is 20.5. The average Bonchev–Trinajstić information content (AvgIpc) is 2.58. The summed E-state index contributed by atoms with van der Waals surface area (Å²) < 4.78 is 14.3. The summed E-state index contributed by atoms with van der Waals surface area (Å²) >= 11 is 0. The maximum atomic E-state index is 14.3. The molecule has 0 N–H and O–H groups in total. The molecule has 2 rings (SSSR count). The quantitative estimate of drug-likeness (QED) is 0.444. The van der Waals surface area contributed by atoms with E-state index < -0.39 is 7.14 Å². The molecule has 1 nitrogen and oxygen atoms in total. The number of allylic oxidation sites excluding steroid dienone is 3. The Hall–Kier alpha value is -1.85. The van der Waals surface area contributed by atoms with Gasteiger partial charge in [-0.3, -0.25) is 0 Å². The number of hydrogen-bond donors (Lipinski definition) is 0. The van der Waals surface area contributed by atoms with E-state index in [-0.39, 0.29) is 10.8 Å². The van der Waals surface area contributed by atoms with Crippen LogP contribution in [0.3, 0.4) is 0 Å². The highest BCUT2D eigenvalue weighted by molar-refractivity contribution is 7.81. The third-order valence-electron chi connectivity index (χ3n) is 4.23. The van der Waals surface area contributed by atoms with Crippen LogP contribution in [0.25, 0.3) is 0 Å². The lowest BCUT2D eigenvalue weighted by Gasteiger charge is -2.25. The summed E-state index contributed by atoms with van der Waals surface area (Å²) in [6.45, 7) is 13.1. The van der Waals surface area contributed by atoms with E-state index in [1.165, 1.54) is 0 Å². The van der Waals surface area contributed by atoms with Gasteiger partial charge in [-0.15, -0.1) is 0 Å². The Bertz CT molecular complexity index is 773. The van der Waals surface area contributed by atoms with Gasteiger partial charge in [-0.25, -0.2) is 0 Å². The number of benzene rings is 2. The van der Waals surface area contributed by atoms with Gasteiger partial charge in [0.2, 0.25) is 0 Å². The molecular weight excluding hydrogens is 335 g/mol. The van der Waals surface area contributed by atoms with Crippen molar-refractivity contribution in [1.29, 1.82) is 0 Å². The lowest BCUT2D eigenvalue weighted by Crippen LogP contribution is -2.17. The van der Waals surface area contributed by atoms with Gasteiger partial charge >= 0.3 is 0 Å². The van der Waals surface area contributed by atoms with Crippen LogP contribution in [0.15, 0.2) is 84.2 Å². The number of rotatable bonds is 4. The van der Waals surface area contributed by atoms with Crippen LogP contribution < -0.4 is 10.6 Å². The fourth-order valence-corrected chi connectivity index (χ4v) is 5.31. The van der Waals surface area contributed by atoms with E-state index in [1.54, 1.807) is 0 Å². The van der Waals surface area contributed by atoms with Gasteiger partial charge in [0.1, 0.15) is 0 Å². The lowest BCUT2D eigenvalue weighted by molar-refractivity contribution is 0.509. The van der Waals surface area contributed by atoms with Crippen molar-refractivity contribution in [3.63, 3.8) is 0 Å². The normalized spacial score (nSPS) is 14.0. The Morgan fingerprint density at radius 2 is 1.19 bits per heavy atom. The van der Waals surface area contributed by atoms with Crippen LogP contribution in [0.5, 0.6) is 0 Å². The fourth-order valence-electron chi connectivity index (χ4n) is 2.62. The highest BCUT2D eigenvalue weighted by Gasteiger charge is 2.28. The molecule has 0 aliphatic rings. The summed E-state index contributed by atoms with van der Waals surface area (Å²) in [6.07, 6.45) is 4.35. The summed E-state index contributed by atoms with van der Waals surface area (Å²) in [5.41, 5.74) is 1.08. The van der Waals surface area contributed by atoms with E-state index in [0.717, 1.165) is 16.2 Å². The van der Waals surface area contributed by atoms with E-state index in [9.17, 15) is 4.57 Å². The Morgan fingerprint density at radius 1 is 0.769 bits per heavy atom. The smallest absolute Gasteiger partial charge is 0.164 e. The molecular formula is C24H31OP. The molecule has 138 valence electrons. The second kappa shape index (κ2) is 7.80. The summed E-state index contributed by atoms with van der Waals surface area (Å²) in [7, 11) is -2.87.